The Balaban J connectivity index is 1.69. The average molecular weight is 265 g/mol. The third kappa shape index (κ3) is 2.77. The third-order valence-electron chi connectivity index (χ3n) is 3.59. The molecule has 19 heavy (non-hydrogen) atoms. The van der Waals surface area contributed by atoms with E-state index in [1.54, 1.807) is 0 Å². The van der Waals surface area contributed by atoms with Crippen molar-refractivity contribution in [1.82, 2.24) is 0 Å². The summed E-state index contributed by atoms with van der Waals surface area (Å²) in [5.74, 6) is 2.85. The lowest BCUT2D eigenvalue weighted by Gasteiger charge is -2.22. The Morgan fingerprint density at radius 1 is 1.16 bits per heavy atom. The maximum absolute atomic E-state index is 5.92. The summed E-state index contributed by atoms with van der Waals surface area (Å²) >= 11 is 0. The van der Waals surface area contributed by atoms with Gasteiger partial charge in [-0.2, -0.15) is 0 Å². The molecule has 0 amide bonds. The fourth-order valence-corrected chi connectivity index (χ4v) is 2.38. The predicted molar refractivity (Wildman–Crippen MR) is 69.5 cm³/mol. The van der Waals surface area contributed by atoms with Crippen LogP contribution in [0.4, 0.5) is 0 Å². The highest BCUT2D eigenvalue weighted by Gasteiger charge is 2.19. The quantitative estimate of drug-likeness (QED) is 0.897. The second-order valence-corrected chi connectivity index (χ2v) is 4.88. The van der Waals surface area contributed by atoms with Gasteiger partial charge in [0.1, 0.15) is 5.75 Å². The van der Waals surface area contributed by atoms with E-state index in [1.807, 2.05) is 12.1 Å². The SMILES string of the molecule is NCc1cc2c(cc1OCC1CCOCC1)OCO2. The molecule has 0 radical (unpaired) electrons. The molecule has 5 heteroatoms. The normalized spacial score (nSPS) is 18.6. The summed E-state index contributed by atoms with van der Waals surface area (Å²) < 4.78 is 22.0. The highest BCUT2D eigenvalue weighted by atomic mass is 16.7. The number of fused-ring (bicyclic) bond motifs is 1. The van der Waals surface area contributed by atoms with Crippen LogP contribution < -0.4 is 19.9 Å². The molecule has 1 aromatic carbocycles. The van der Waals surface area contributed by atoms with Crippen LogP contribution in [-0.2, 0) is 11.3 Å². The molecule has 0 aromatic heterocycles. The molecule has 0 unspecified atom stereocenters. The first kappa shape index (κ1) is 12.6. The van der Waals surface area contributed by atoms with Gasteiger partial charge in [-0.3, -0.25) is 0 Å². The van der Waals surface area contributed by atoms with Crippen molar-refractivity contribution in [2.75, 3.05) is 26.6 Å². The molecule has 3 rings (SSSR count). The fourth-order valence-electron chi connectivity index (χ4n) is 2.38. The molecule has 0 bridgehead atoms. The maximum atomic E-state index is 5.92. The van der Waals surface area contributed by atoms with Gasteiger partial charge < -0.3 is 24.7 Å². The summed E-state index contributed by atoms with van der Waals surface area (Å²) in [5, 5.41) is 0. The van der Waals surface area contributed by atoms with Crippen LogP contribution in [0.1, 0.15) is 18.4 Å². The molecule has 0 atom stereocenters. The van der Waals surface area contributed by atoms with Gasteiger partial charge in [0, 0.05) is 31.4 Å². The van der Waals surface area contributed by atoms with Crippen molar-refractivity contribution in [2.45, 2.75) is 19.4 Å². The minimum Gasteiger partial charge on any atom is -0.493 e. The highest BCUT2D eigenvalue weighted by Crippen LogP contribution is 2.38. The highest BCUT2D eigenvalue weighted by molar-refractivity contribution is 5.51. The average Bonchev–Trinajstić information content (AvgIpc) is 2.92. The van der Waals surface area contributed by atoms with Gasteiger partial charge in [-0.15, -0.1) is 0 Å². The number of benzene rings is 1. The fraction of sp³-hybridized carbons (Fsp3) is 0.571. The molecule has 1 aromatic rings. The summed E-state index contributed by atoms with van der Waals surface area (Å²) in [6.07, 6.45) is 2.12. The largest absolute Gasteiger partial charge is 0.493 e. The van der Waals surface area contributed by atoms with Crippen molar-refractivity contribution in [3.63, 3.8) is 0 Å². The standard InChI is InChI=1S/C14H19NO4/c15-7-11-5-13-14(19-9-18-13)6-12(11)17-8-10-1-3-16-4-2-10/h5-6,10H,1-4,7-9,15H2. The first-order valence-corrected chi connectivity index (χ1v) is 6.70. The van der Waals surface area contributed by atoms with Crippen LogP contribution in [0.25, 0.3) is 0 Å². The number of hydrogen-bond acceptors (Lipinski definition) is 5. The summed E-state index contributed by atoms with van der Waals surface area (Å²) in [6, 6.07) is 3.78. The van der Waals surface area contributed by atoms with Crippen molar-refractivity contribution >= 4 is 0 Å². The molecule has 1 saturated heterocycles. The van der Waals surface area contributed by atoms with Gasteiger partial charge in [-0.25, -0.2) is 0 Å². The number of hydrogen-bond donors (Lipinski definition) is 1. The topological polar surface area (TPSA) is 62.9 Å². The molecule has 5 nitrogen and oxygen atoms in total. The lowest BCUT2D eigenvalue weighted by Crippen LogP contribution is -2.21. The lowest BCUT2D eigenvalue weighted by atomic mass is 10.0. The monoisotopic (exact) mass is 265 g/mol. The van der Waals surface area contributed by atoms with E-state index >= 15 is 0 Å². The van der Waals surface area contributed by atoms with Crippen LogP contribution in [0, 0.1) is 5.92 Å². The molecule has 2 N–H and O–H groups in total. The van der Waals surface area contributed by atoms with E-state index < -0.39 is 0 Å². The van der Waals surface area contributed by atoms with Gasteiger partial charge in [0.2, 0.25) is 6.79 Å². The second-order valence-electron chi connectivity index (χ2n) is 4.88. The zero-order chi connectivity index (χ0) is 13.1. The lowest BCUT2D eigenvalue weighted by molar-refractivity contribution is 0.0496. The molecule has 0 spiro atoms. The molecule has 104 valence electrons. The summed E-state index contributed by atoms with van der Waals surface area (Å²) in [7, 11) is 0. The van der Waals surface area contributed by atoms with Crippen LogP contribution in [0.5, 0.6) is 17.2 Å². The van der Waals surface area contributed by atoms with E-state index in [0.29, 0.717) is 19.1 Å². The van der Waals surface area contributed by atoms with Gasteiger partial charge in [0.25, 0.3) is 0 Å². The Kier molecular flexibility index (Phi) is 3.75. The third-order valence-corrected chi connectivity index (χ3v) is 3.59. The van der Waals surface area contributed by atoms with Gasteiger partial charge in [-0.05, 0) is 24.8 Å². The molecule has 0 saturated carbocycles. The summed E-state index contributed by atoms with van der Waals surface area (Å²) in [6.45, 7) is 3.07. The summed E-state index contributed by atoms with van der Waals surface area (Å²) in [4.78, 5) is 0. The molecule has 1 fully saturated rings. The zero-order valence-electron chi connectivity index (χ0n) is 10.9. The first-order valence-electron chi connectivity index (χ1n) is 6.70. The second kappa shape index (κ2) is 5.67. The van der Waals surface area contributed by atoms with E-state index in [0.717, 1.165) is 48.9 Å². The van der Waals surface area contributed by atoms with Crippen molar-refractivity contribution in [2.24, 2.45) is 11.7 Å². The van der Waals surface area contributed by atoms with Gasteiger partial charge in [0.05, 0.1) is 6.61 Å². The zero-order valence-corrected chi connectivity index (χ0v) is 10.9. The van der Waals surface area contributed by atoms with Crippen molar-refractivity contribution in [3.05, 3.63) is 17.7 Å². The van der Waals surface area contributed by atoms with Crippen LogP contribution in [0.15, 0.2) is 12.1 Å². The van der Waals surface area contributed by atoms with E-state index in [2.05, 4.69) is 0 Å². The van der Waals surface area contributed by atoms with E-state index in [1.165, 1.54) is 0 Å². The Bertz CT molecular complexity index is 443. The van der Waals surface area contributed by atoms with Gasteiger partial charge >= 0.3 is 0 Å². The molecule has 2 aliphatic heterocycles. The Labute approximate surface area is 112 Å². The number of ether oxygens (including phenoxy) is 4. The van der Waals surface area contributed by atoms with Gasteiger partial charge in [-0.1, -0.05) is 0 Å². The van der Waals surface area contributed by atoms with Crippen LogP contribution in [-0.4, -0.2) is 26.6 Å². The molecular weight excluding hydrogens is 246 g/mol. The Hall–Kier alpha value is -1.46. The first-order chi connectivity index (χ1) is 9.36. The molecule has 0 aliphatic carbocycles. The summed E-state index contributed by atoms with van der Waals surface area (Å²) in [5.41, 5.74) is 6.71. The smallest absolute Gasteiger partial charge is 0.231 e. The number of nitrogens with two attached hydrogens (primary N) is 1. The Morgan fingerprint density at radius 2 is 1.89 bits per heavy atom. The molecular formula is C14H19NO4. The number of rotatable bonds is 4. The van der Waals surface area contributed by atoms with E-state index in [4.69, 9.17) is 24.7 Å². The maximum Gasteiger partial charge on any atom is 0.231 e. The van der Waals surface area contributed by atoms with E-state index in [-0.39, 0.29) is 6.79 Å². The van der Waals surface area contributed by atoms with Crippen LogP contribution >= 0.6 is 0 Å². The van der Waals surface area contributed by atoms with Gasteiger partial charge in [0.15, 0.2) is 11.5 Å². The minimum absolute atomic E-state index is 0.267. The van der Waals surface area contributed by atoms with Crippen LogP contribution in [0.3, 0.4) is 0 Å². The van der Waals surface area contributed by atoms with Crippen molar-refractivity contribution in [1.29, 1.82) is 0 Å². The van der Waals surface area contributed by atoms with E-state index in [9.17, 15) is 0 Å². The van der Waals surface area contributed by atoms with Crippen molar-refractivity contribution < 1.29 is 18.9 Å². The predicted octanol–water partition coefficient (Wildman–Crippen LogP) is 1.68. The molecule has 2 aliphatic rings. The minimum atomic E-state index is 0.267. The van der Waals surface area contributed by atoms with Crippen molar-refractivity contribution in [3.8, 4) is 17.2 Å². The Morgan fingerprint density at radius 3 is 2.63 bits per heavy atom. The van der Waals surface area contributed by atoms with Crippen LogP contribution in [0.2, 0.25) is 0 Å². The molecule has 2 heterocycles.